The van der Waals surface area contributed by atoms with Crippen LogP contribution in [0.15, 0.2) is 40.8 Å². The largest absolute Gasteiger partial charge is 0.480 e. The number of nitrogens with zero attached hydrogens (tertiary/aromatic N) is 1. The fourth-order valence-electron chi connectivity index (χ4n) is 1.59. The van der Waals surface area contributed by atoms with Crippen molar-refractivity contribution in [3.8, 4) is 0 Å². The molecule has 6 nitrogen and oxygen atoms in total. The van der Waals surface area contributed by atoms with E-state index in [1.165, 1.54) is 13.8 Å². The van der Waals surface area contributed by atoms with E-state index in [1.807, 2.05) is 0 Å². The molecular weight excluding hydrogens is 284 g/mol. The van der Waals surface area contributed by atoms with Crippen LogP contribution in [0.1, 0.15) is 13.8 Å². The molecule has 0 unspecified atom stereocenters. The number of aliphatic imine (C=N–C) groups is 1. The Bertz CT molecular complexity index is 605. The Kier molecular flexibility index (Phi) is 3.59. The van der Waals surface area contributed by atoms with E-state index in [4.69, 9.17) is 26.8 Å². The average molecular weight is 297 g/mol. The molecule has 0 bridgehead atoms. The van der Waals surface area contributed by atoms with E-state index in [-0.39, 0.29) is 11.4 Å². The summed E-state index contributed by atoms with van der Waals surface area (Å²) >= 11 is 5.75. The molecular formula is C13H13ClN2O4. The topological polar surface area (TPSA) is 94.1 Å². The number of hydrogen-bond donors (Lipinski definition) is 2. The zero-order chi connectivity index (χ0) is 14.9. The Balaban J connectivity index is 2.35. The Morgan fingerprint density at radius 1 is 1.30 bits per heavy atom. The number of aliphatic hydroxyl groups is 1. The van der Waals surface area contributed by atoms with Gasteiger partial charge in [-0.2, -0.15) is 0 Å². The molecule has 0 saturated carbocycles. The highest BCUT2D eigenvalue weighted by atomic mass is 35.5. The third kappa shape index (κ3) is 3.03. The fourth-order valence-corrected chi connectivity index (χ4v) is 1.72. The molecule has 0 saturated heterocycles. The summed E-state index contributed by atoms with van der Waals surface area (Å²) in [7, 11) is 0. The van der Waals surface area contributed by atoms with Gasteiger partial charge in [0.05, 0.1) is 5.69 Å². The van der Waals surface area contributed by atoms with Crippen LogP contribution >= 0.6 is 11.6 Å². The predicted molar refractivity (Wildman–Crippen MR) is 73.6 cm³/mol. The Hall–Kier alpha value is -2.21. The van der Waals surface area contributed by atoms with Gasteiger partial charge in [-0.3, -0.25) is 0 Å². The molecule has 7 heteroatoms. The van der Waals surface area contributed by atoms with Gasteiger partial charge in [-0.15, -0.1) is 0 Å². The predicted octanol–water partition coefficient (Wildman–Crippen LogP) is 2.41. The summed E-state index contributed by atoms with van der Waals surface area (Å²) < 4.78 is 10.0. The summed E-state index contributed by atoms with van der Waals surface area (Å²) in [4.78, 5) is 15.8. The van der Waals surface area contributed by atoms with Crippen molar-refractivity contribution in [1.82, 2.24) is 0 Å². The van der Waals surface area contributed by atoms with Crippen LogP contribution in [-0.4, -0.2) is 22.7 Å². The Labute approximate surface area is 120 Å². The first-order valence-electron chi connectivity index (χ1n) is 5.74. The number of rotatable bonds is 2. The smallest absolute Gasteiger partial charge is 0.352 e. The number of hydrogen-bond acceptors (Lipinski definition) is 5. The number of benzene rings is 1. The molecule has 20 heavy (non-hydrogen) atoms. The van der Waals surface area contributed by atoms with E-state index in [0.29, 0.717) is 10.7 Å². The second-order valence-electron chi connectivity index (χ2n) is 4.55. The number of ether oxygens (including phenoxy) is 2. The number of cyclic esters (lactones) is 1. The molecule has 3 N–H and O–H groups in total. The van der Waals surface area contributed by atoms with Crippen LogP contribution in [0.5, 0.6) is 0 Å². The maximum atomic E-state index is 11.8. The second kappa shape index (κ2) is 5.05. The second-order valence-corrected chi connectivity index (χ2v) is 4.98. The first-order valence-corrected chi connectivity index (χ1v) is 6.12. The first-order chi connectivity index (χ1) is 9.28. The highest BCUT2D eigenvalue weighted by Crippen LogP contribution is 2.26. The van der Waals surface area contributed by atoms with Gasteiger partial charge in [0.1, 0.15) is 5.84 Å². The number of amidine groups is 1. The lowest BCUT2D eigenvalue weighted by Crippen LogP contribution is -2.40. The van der Waals surface area contributed by atoms with Crippen molar-refractivity contribution in [3.05, 3.63) is 40.8 Å². The summed E-state index contributed by atoms with van der Waals surface area (Å²) in [6.07, 6.45) is 0. The van der Waals surface area contributed by atoms with Gasteiger partial charge in [-0.1, -0.05) is 11.6 Å². The molecule has 0 atom stereocenters. The molecule has 1 aliphatic heterocycles. The standard InChI is InChI=1S/C13H13ClN2O4/c1-13(2)19-11(17)9(12(18)20-13)10(15)16-8-5-3-7(14)4-6-8/h3-6,17H,1-2H3,(H2,15,16). The molecule has 0 radical (unpaired) electrons. The lowest BCUT2D eigenvalue weighted by Gasteiger charge is -2.30. The molecule has 2 rings (SSSR count). The molecule has 0 fully saturated rings. The van der Waals surface area contributed by atoms with Crippen molar-refractivity contribution in [2.75, 3.05) is 0 Å². The Morgan fingerprint density at radius 3 is 2.45 bits per heavy atom. The van der Waals surface area contributed by atoms with Crippen molar-refractivity contribution >= 4 is 29.1 Å². The van der Waals surface area contributed by atoms with Crippen LogP contribution in [-0.2, 0) is 14.3 Å². The molecule has 1 aliphatic rings. The van der Waals surface area contributed by atoms with Crippen molar-refractivity contribution < 1.29 is 19.4 Å². The third-order valence-electron chi connectivity index (χ3n) is 2.43. The molecule has 0 aromatic heterocycles. The van der Waals surface area contributed by atoms with Crippen molar-refractivity contribution in [2.24, 2.45) is 10.7 Å². The highest BCUT2D eigenvalue weighted by molar-refractivity contribution is 6.30. The molecule has 106 valence electrons. The highest BCUT2D eigenvalue weighted by Gasteiger charge is 2.37. The van der Waals surface area contributed by atoms with Crippen LogP contribution in [0.3, 0.4) is 0 Å². The summed E-state index contributed by atoms with van der Waals surface area (Å²) in [6, 6.07) is 6.49. The lowest BCUT2D eigenvalue weighted by molar-refractivity contribution is -0.220. The number of aliphatic hydroxyl groups excluding tert-OH is 1. The zero-order valence-corrected chi connectivity index (χ0v) is 11.6. The van der Waals surface area contributed by atoms with E-state index < -0.39 is 17.7 Å². The molecule has 0 spiro atoms. The normalized spacial score (nSPS) is 18.6. The minimum absolute atomic E-state index is 0.203. The van der Waals surface area contributed by atoms with Crippen LogP contribution in [0.4, 0.5) is 5.69 Å². The SMILES string of the molecule is CC1(C)OC(=O)C(C(N)=Nc2ccc(Cl)cc2)=C(O)O1. The summed E-state index contributed by atoms with van der Waals surface area (Å²) in [5.74, 6) is -2.86. The minimum atomic E-state index is -1.24. The van der Waals surface area contributed by atoms with Gasteiger partial charge in [0.2, 0.25) is 0 Å². The monoisotopic (exact) mass is 296 g/mol. The van der Waals surface area contributed by atoms with Gasteiger partial charge in [0, 0.05) is 18.9 Å². The summed E-state index contributed by atoms with van der Waals surface area (Å²) in [6.45, 7) is 2.98. The van der Waals surface area contributed by atoms with Gasteiger partial charge in [0.15, 0.2) is 5.57 Å². The van der Waals surface area contributed by atoms with Gasteiger partial charge in [-0.25, -0.2) is 9.79 Å². The van der Waals surface area contributed by atoms with Crippen molar-refractivity contribution in [2.45, 2.75) is 19.6 Å². The lowest BCUT2D eigenvalue weighted by atomic mass is 10.2. The van der Waals surface area contributed by atoms with Crippen LogP contribution < -0.4 is 5.73 Å². The maximum Gasteiger partial charge on any atom is 0.352 e. The van der Waals surface area contributed by atoms with Crippen LogP contribution in [0.25, 0.3) is 0 Å². The molecule has 0 amide bonds. The fraction of sp³-hybridized carbons (Fsp3) is 0.231. The van der Waals surface area contributed by atoms with Gasteiger partial charge < -0.3 is 20.3 Å². The molecule has 1 aromatic rings. The van der Waals surface area contributed by atoms with E-state index in [9.17, 15) is 9.90 Å². The Morgan fingerprint density at radius 2 is 1.90 bits per heavy atom. The number of carbonyl (C=O) groups excluding carboxylic acids is 1. The van der Waals surface area contributed by atoms with E-state index >= 15 is 0 Å². The molecule has 1 heterocycles. The first kappa shape index (κ1) is 14.2. The molecule has 0 aliphatic carbocycles. The number of carbonyl (C=O) groups is 1. The van der Waals surface area contributed by atoms with Crippen molar-refractivity contribution in [1.29, 1.82) is 0 Å². The summed E-state index contributed by atoms with van der Waals surface area (Å²) in [5, 5.41) is 10.3. The van der Waals surface area contributed by atoms with Gasteiger partial charge in [-0.05, 0) is 24.3 Å². The maximum absolute atomic E-state index is 11.8. The summed E-state index contributed by atoms with van der Waals surface area (Å²) in [5.41, 5.74) is 5.88. The minimum Gasteiger partial charge on any atom is -0.480 e. The van der Waals surface area contributed by atoms with Crippen molar-refractivity contribution in [3.63, 3.8) is 0 Å². The van der Waals surface area contributed by atoms with Crippen LogP contribution in [0, 0.1) is 0 Å². The number of halogens is 1. The molecule has 1 aromatic carbocycles. The van der Waals surface area contributed by atoms with Crippen LogP contribution in [0.2, 0.25) is 5.02 Å². The van der Waals surface area contributed by atoms with E-state index in [0.717, 1.165) is 0 Å². The quantitative estimate of drug-likeness (QED) is 0.496. The van der Waals surface area contributed by atoms with E-state index in [2.05, 4.69) is 4.99 Å². The number of nitrogens with two attached hydrogens (primary N) is 1. The zero-order valence-electron chi connectivity index (χ0n) is 10.9. The van der Waals surface area contributed by atoms with Gasteiger partial charge in [0.25, 0.3) is 11.7 Å². The van der Waals surface area contributed by atoms with E-state index in [1.54, 1.807) is 24.3 Å². The third-order valence-corrected chi connectivity index (χ3v) is 2.68. The average Bonchev–Trinajstić information content (AvgIpc) is 2.29. The van der Waals surface area contributed by atoms with Gasteiger partial charge >= 0.3 is 5.97 Å². The number of esters is 1.